The van der Waals surface area contributed by atoms with Crippen LogP contribution >= 0.6 is 0 Å². The number of rotatable bonds is 2. The van der Waals surface area contributed by atoms with Gasteiger partial charge in [0.15, 0.2) is 0 Å². The van der Waals surface area contributed by atoms with Crippen LogP contribution in [-0.2, 0) is 4.79 Å². The van der Waals surface area contributed by atoms with E-state index in [4.69, 9.17) is 0 Å². The van der Waals surface area contributed by atoms with Crippen LogP contribution in [0.2, 0.25) is 0 Å². The topological polar surface area (TPSA) is 40.5 Å². The van der Waals surface area contributed by atoms with E-state index in [9.17, 15) is 14.3 Å². The number of aliphatic hydroxyl groups is 1. The standard InChI is InChI=1S/C12H14FNO2/c1-14(10-5-3-9(13)4-6-10)11(15)12(16)7-2-8-12/h3-6,16H,2,7-8H2,1H3. The number of hydrogen-bond acceptors (Lipinski definition) is 2. The lowest BCUT2D eigenvalue weighted by atomic mass is 9.79. The maximum absolute atomic E-state index is 12.7. The van der Waals surface area contributed by atoms with Crippen LogP contribution in [0.15, 0.2) is 24.3 Å². The molecule has 1 aromatic rings. The number of likely N-dealkylation sites (N-methyl/N-ethyl adjacent to an activating group) is 1. The smallest absolute Gasteiger partial charge is 0.258 e. The Bertz CT molecular complexity index is 398. The van der Waals surface area contributed by atoms with Gasteiger partial charge in [-0.25, -0.2) is 4.39 Å². The van der Waals surface area contributed by atoms with E-state index >= 15 is 0 Å². The third kappa shape index (κ3) is 1.80. The Morgan fingerprint density at radius 3 is 2.38 bits per heavy atom. The Labute approximate surface area is 93.5 Å². The van der Waals surface area contributed by atoms with Crippen molar-refractivity contribution in [2.75, 3.05) is 11.9 Å². The van der Waals surface area contributed by atoms with Gasteiger partial charge in [0.05, 0.1) is 0 Å². The lowest BCUT2D eigenvalue weighted by Gasteiger charge is -2.37. The van der Waals surface area contributed by atoms with Gasteiger partial charge in [0.1, 0.15) is 11.4 Å². The van der Waals surface area contributed by atoms with Crippen LogP contribution in [0.25, 0.3) is 0 Å². The van der Waals surface area contributed by atoms with Gasteiger partial charge in [-0.3, -0.25) is 4.79 Å². The van der Waals surface area contributed by atoms with Crippen molar-refractivity contribution in [3.05, 3.63) is 30.1 Å². The van der Waals surface area contributed by atoms with E-state index in [1.807, 2.05) is 0 Å². The zero-order chi connectivity index (χ0) is 11.8. The molecule has 1 N–H and O–H groups in total. The number of hydrogen-bond donors (Lipinski definition) is 1. The van der Waals surface area contributed by atoms with Gasteiger partial charge in [-0.05, 0) is 43.5 Å². The highest BCUT2D eigenvalue weighted by molar-refractivity contribution is 5.99. The van der Waals surface area contributed by atoms with Crippen molar-refractivity contribution >= 4 is 11.6 Å². The Morgan fingerprint density at radius 2 is 1.94 bits per heavy atom. The molecule has 3 nitrogen and oxygen atoms in total. The molecule has 16 heavy (non-hydrogen) atoms. The molecule has 2 rings (SSSR count). The van der Waals surface area contributed by atoms with Gasteiger partial charge in [0.25, 0.3) is 5.91 Å². The molecule has 4 heteroatoms. The number of carbonyl (C=O) groups is 1. The van der Waals surface area contributed by atoms with Crippen molar-refractivity contribution in [2.24, 2.45) is 0 Å². The lowest BCUT2D eigenvalue weighted by molar-refractivity contribution is -0.145. The molecule has 1 aromatic carbocycles. The average molecular weight is 223 g/mol. The summed E-state index contributed by atoms with van der Waals surface area (Å²) in [5.74, 6) is -0.655. The molecular weight excluding hydrogens is 209 g/mol. The fraction of sp³-hybridized carbons (Fsp3) is 0.417. The average Bonchev–Trinajstić information content (AvgIpc) is 2.25. The first-order valence-corrected chi connectivity index (χ1v) is 5.29. The minimum atomic E-state index is -1.21. The molecule has 1 amide bonds. The Balaban J connectivity index is 2.15. The van der Waals surface area contributed by atoms with Crippen LogP contribution in [-0.4, -0.2) is 23.7 Å². The predicted octanol–water partition coefficient (Wildman–Crippen LogP) is 1.70. The molecule has 86 valence electrons. The predicted molar refractivity (Wildman–Crippen MR) is 58.6 cm³/mol. The van der Waals surface area contributed by atoms with E-state index in [0.717, 1.165) is 6.42 Å². The number of carbonyl (C=O) groups excluding carboxylic acids is 1. The summed E-state index contributed by atoms with van der Waals surface area (Å²) in [5, 5.41) is 9.90. The van der Waals surface area contributed by atoms with Gasteiger partial charge in [-0.15, -0.1) is 0 Å². The quantitative estimate of drug-likeness (QED) is 0.829. The molecule has 0 radical (unpaired) electrons. The van der Waals surface area contributed by atoms with Crippen LogP contribution in [0.4, 0.5) is 10.1 Å². The molecule has 1 aliphatic rings. The first-order chi connectivity index (χ1) is 7.53. The third-order valence-electron chi connectivity index (χ3n) is 3.10. The van der Waals surface area contributed by atoms with Crippen molar-refractivity contribution in [3.63, 3.8) is 0 Å². The SMILES string of the molecule is CN(C(=O)C1(O)CCC1)c1ccc(F)cc1. The molecule has 0 bridgehead atoms. The summed E-state index contributed by atoms with van der Waals surface area (Å²) in [5.41, 5.74) is -0.616. The van der Waals surface area contributed by atoms with Gasteiger partial charge in [0, 0.05) is 12.7 Å². The summed E-state index contributed by atoms with van der Waals surface area (Å²) in [4.78, 5) is 13.3. The van der Waals surface area contributed by atoms with Crippen LogP contribution < -0.4 is 4.90 Å². The molecule has 1 aliphatic carbocycles. The fourth-order valence-corrected chi connectivity index (χ4v) is 1.82. The van der Waals surface area contributed by atoms with Crippen LogP contribution in [0, 0.1) is 5.82 Å². The summed E-state index contributed by atoms with van der Waals surface area (Å²) in [6.45, 7) is 0. The minimum absolute atomic E-state index is 0.314. The Hall–Kier alpha value is -1.42. The summed E-state index contributed by atoms with van der Waals surface area (Å²) in [6, 6.07) is 5.64. The van der Waals surface area contributed by atoms with E-state index in [1.165, 1.54) is 29.2 Å². The molecule has 0 heterocycles. The number of nitrogens with zero attached hydrogens (tertiary/aromatic N) is 1. The Kier molecular flexibility index (Phi) is 2.68. The summed E-state index contributed by atoms with van der Waals surface area (Å²) in [6.07, 6.45) is 1.90. The van der Waals surface area contributed by atoms with Gasteiger partial charge in [0.2, 0.25) is 0 Å². The molecule has 0 unspecified atom stereocenters. The highest BCUT2D eigenvalue weighted by Crippen LogP contribution is 2.34. The van der Waals surface area contributed by atoms with Crippen molar-refractivity contribution in [1.29, 1.82) is 0 Å². The van der Waals surface area contributed by atoms with Crippen molar-refractivity contribution in [3.8, 4) is 0 Å². The summed E-state index contributed by atoms with van der Waals surface area (Å²) < 4.78 is 12.7. The maximum Gasteiger partial charge on any atom is 0.258 e. The minimum Gasteiger partial charge on any atom is -0.380 e. The third-order valence-corrected chi connectivity index (χ3v) is 3.10. The van der Waals surface area contributed by atoms with Crippen molar-refractivity contribution in [2.45, 2.75) is 24.9 Å². The number of halogens is 1. The van der Waals surface area contributed by atoms with Crippen molar-refractivity contribution < 1.29 is 14.3 Å². The zero-order valence-electron chi connectivity index (χ0n) is 9.11. The van der Waals surface area contributed by atoms with Gasteiger partial charge in [-0.1, -0.05) is 0 Å². The summed E-state index contributed by atoms with van der Waals surface area (Å²) in [7, 11) is 1.59. The zero-order valence-corrected chi connectivity index (χ0v) is 9.11. The lowest BCUT2D eigenvalue weighted by Crippen LogP contribution is -2.52. The first kappa shape index (κ1) is 11.1. The second-order valence-corrected chi connectivity index (χ2v) is 4.23. The molecule has 0 aromatic heterocycles. The number of amides is 1. The second-order valence-electron chi connectivity index (χ2n) is 4.23. The van der Waals surface area contributed by atoms with Crippen LogP contribution in [0.5, 0.6) is 0 Å². The number of anilines is 1. The van der Waals surface area contributed by atoms with Gasteiger partial charge in [-0.2, -0.15) is 0 Å². The molecular formula is C12H14FNO2. The largest absolute Gasteiger partial charge is 0.380 e. The van der Waals surface area contributed by atoms with Gasteiger partial charge < -0.3 is 10.0 Å². The second kappa shape index (κ2) is 3.87. The van der Waals surface area contributed by atoms with Gasteiger partial charge >= 0.3 is 0 Å². The van der Waals surface area contributed by atoms with Crippen molar-refractivity contribution in [1.82, 2.24) is 0 Å². The van der Waals surface area contributed by atoms with Crippen LogP contribution in [0.1, 0.15) is 19.3 Å². The molecule has 0 aliphatic heterocycles. The van der Waals surface area contributed by atoms with E-state index < -0.39 is 5.60 Å². The van der Waals surface area contributed by atoms with E-state index in [-0.39, 0.29) is 11.7 Å². The van der Waals surface area contributed by atoms with Crippen LogP contribution in [0.3, 0.4) is 0 Å². The first-order valence-electron chi connectivity index (χ1n) is 5.29. The number of benzene rings is 1. The van der Waals surface area contributed by atoms with E-state index in [0.29, 0.717) is 18.5 Å². The highest BCUT2D eigenvalue weighted by Gasteiger charge is 2.43. The molecule has 1 saturated carbocycles. The highest BCUT2D eigenvalue weighted by atomic mass is 19.1. The Morgan fingerprint density at radius 1 is 1.38 bits per heavy atom. The monoisotopic (exact) mass is 223 g/mol. The molecule has 0 atom stereocenters. The normalized spacial score (nSPS) is 17.7. The fourth-order valence-electron chi connectivity index (χ4n) is 1.82. The molecule has 0 saturated heterocycles. The molecule has 1 fully saturated rings. The maximum atomic E-state index is 12.7. The summed E-state index contributed by atoms with van der Waals surface area (Å²) >= 11 is 0. The molecule has 0 spiro atoms. The van der Waals surface area contributed by atoms with E-state index in [1.54, 1.807) is 7.05 Å². The van der Waals surface area contributed by atoms with E-state index in [2.05, 4.69) is 0 Å².